The van der Waals surface area contributed by atoms with Crippen LogP contribution >= 0.6 is 11.5 Å². The van der Waals surface area contributed by atoms with Gasteiger partial charge in [0.15, 0.2) is 0 Å². The summed E-state index contributed by atoms with van der Waals surface area (Å²) < 4.78 is 5.44. The summed E-state index contributed by atoms with van der Waals surface area (Å²) in [5, 5.41) is 7.02. The van der Waals surface area contributed by atoms with Gasteiger partial charge in [-0.15, -0.1) is 0 Å². The average Bonchev–Trinajstić information content (AvgIpc) is 2.94. The highest BCUT2D eigenvalue weighted by atomic mass is 32.1. The van der Waals surface area contributed by atoms with Gasteiger partial charge >= 0.3 is 0 Å². The van der Waals surface area contributed by atoms with Crippen molar-refractivity contribution in [2.75, 3.05) is 24.1 Å². The van der Waals surface area contributed by atoms with E-state index in [2.05, 4.69) is 20.0 Å². The van der Waals surface area contributed by atoms with Crippen LogP contribution in [0.4, 0.5) is 11.5 Å². The number of nitrogens with two attached hydrogens (primary N) is 1. The molecule has 3 aromatic rings. The molecule has 1 aromatic carbocycles. The molecule has 2 heterocycles. The van der Waals surface area contributed by atoms with Crippen LogP contribution in [0.3, 0.4) is 0 Å². The first-order valence-corrected chi connectivity index (χ1v) is 7.59. The predicted octanol–water partition coefficient (Wildman–Crippen LogP) is 2.12. The van der Waals surface area contributed by atoms with E-state index >= 15 is 0 Å². The summed E-state index contributed by atoms with van der Waals surface area (Å²) in [6, 6.07) is 10.9. The minimum atomic E-state index is -0.185. The number of amides is 1. The van der Waals surface area contributed by atoms with E-state index in [9.17, 15) is 4.79 Å². The molecule has 0 atom stereocenters. The zero-order valence-corrected chi connectivity index (χ0v) is 12.6. The zero-order chi connectivity index (χ0) is 15.4. The fourth-order valence-corrected chi connectivity index (χ4v) is 2.76. The van der Waals surface area contributed by atoms with Crippen molar-refractivity contribution < 1.29 is 4.79 Å². The van der Waals surface area contributed by atoms with Crippen LogP contribution in [0.5, 0.6) is 0 Å². The second kappa shape index (κ2) is 6.40. The molecule has 0 saturated heterocycles. The van der Waals surface area contributed by atoms with E-state index in [0.717, 1.165) is 15.9 Å². The first-order valence-electron chi connectivity index (χ1n) is 6.82. The van der Waals surface area contributed by atoms with Crippen LogP contribution in [0, 0.1) is 0 Å². The number of fused-ring (bicyclic) bond motifs is 1. The molecule has 7 heteroatoms. The van der Waals surface area contributed by atoms with Gasteiger partial charge in [0, 0.05) is 30.4 Å². The van der Waals surface area contributed by atoms with Gasteiger partial charge in [-0.2, -0.15) is 4.37 Å². The summed E-state index contributed by atoms with van der Waals surface area (Å²) >= 11 is 1.42. The van der Waals surface area contributed by atoms with Crippen molar-refractivity contribution in [1.29, 1.82) is 0 Å². The van der Waals surface area contributed by atoms with E-state index in [1.54, 1.807) is 24.4 Å². The summed E-state index contributed by atoms with van der Waals surface area (Å²) in [6.07, 6.45) is 1.60. The molecule has 0 aliphatic heterocycles. The number of nitrogens with one attached hydrogen (secondary N) is 2. The number of rotatable bonds is 5. The number of carbonyl (C=O) groups excluding carboxylic acids is 1. The van der Waals surface area contributed by atoms with Gasteiger partial charge in [0.25, 0.3) is 5.91 Å². The zero-order valence-electron chi connectivity index (χ0n) is 11.7. The molecule has 0 bridgehead atoms. The van der Waals surface area contributed by atoms with Crippen molar-refractivity contribution in [2.24, 2.45) is 0 Å². The number of hydrogen-bond donors (Lipinski definition) is 3. The van der Waals surface area contributed by atoms with Gasteiger partial charge in [0.1, 0.15) is 11.5 Å². The first-order chi connectivity index (χ1) is 10.7. The summed E-state index contributed by atoms with van der Waals surface area (Å²) in [5.74, 6) is 0.606. The molecule has 0 radical (unpaired) electrons. The summed E-state index contributed by atoms with van der Waals surface area (Å²) in [7, 11) is 0. The van der Waals surface area contributed by atoms with E-state index < -0.39 is 0 Å². The molecule has 0 saturated carbocycles. The van der Waals surface area contributed by atoms with Gasteiger partial charge < -0.3 is 16.4 Å². The first kappa shape index (κ1) is 14.3. The number of pyridine rings is 1. The van der Waals surface area contributed by atoms with Crippen LogP contribution in [0.1, 0.15) is 10.5 Å². The van der Waals surface area contributed by atoms with Gasteiger partial charge in [-0.25, -0.2) is 0 Å². The Bertz CT molecular complexity index is 787. The third kappa shape index (κ3) is 3.15. The molecule has 22 heavy (non-hydrogen) atoms. The molecular formula is C15H15N5OS. The maximum Gasteiger partial charge on any atom is 0.269 e. The molecule has 6 nitrogen and oxygen atoms in total. The smallest absolute Gasteiger partial charge is 0.269 e. The molecule has 1 amide bonds. The van der Waals surface area contributed by atoms with Crippen molar-refractivity contribution in [2.45, 2.75) is 0 Å². The Hall–Kier alpha value is -2.67. The largest absolute Gasteiger partial charge is 0.399 e. The number of benzene rings is 1. The van der Waals surface area contributed by atoms with Crippen molar-refractivity contribution >= 4 is 39.0 Å². The molecule has 0 aliphatic carbocycles. The van der Waals surface area contributed by atoms with Crippen LogP contribution in [-0.2, 0) is 0 Å². The third-order valence-corrected chi connectivity index (χ3v) is 3.92. The lowest BCUT2D eigenvalue weighted by Crippen LogP contribution is -2.29. The lowest BCUT2D eigenvalue weighted by atomic mass is 10.2. The number of aromatic nitrogens is 2. The Morgan fingerprint density at radius 1 is 1.23 bits per heavy atom. The fourth-order valence-electron chi connectivity index (χ4n) is 2.03. The molecule has 0 fully saturated rings. The van der Waals surface area contributed by atoms with Crippen LogP contribution in [0.2, 0.25) is 0 Å². The van der Waals surface area contributed by atoms with Gasteiger partial charge in [-0.1, -0.05) is 6.07 Å². The Kier molecular flexibility index (Phi) is 4.15. The average molecular weight is 313 g/mol. The van der Waals surface area contributed by atoms with E-state index in [1.165, 1.54) is 11.5 Å². The van der Waals surface area contributed by atoms with Crippen molar-refractivity contribution in [3.05, 3.63) is 48.3 Å². The molecule has 3 rings (SSSR count). The normalized spacial score (nSPS) is 10.5. The molecular weight excluding hydrogens is 298 g/mol. The number of carbonyl (C=O) groups is 1. The molecule has 0 spiro atoms. The Labute approximate surface area is 131 Å². The monoisotopic (exact) mass is 313 g/mol. The lowest BCUT2D eigenvalue weighted by molar-refractivity contribution is 0.0950. The maximum absolute atomic E-state index is 11.8. The SMILES string of the molecule is Nc1ccc2snc(NCCNC(=O)c3ccccn3)c2c1. The Balaban J connectivity index is 1.54. The standard InChI is InChI=1S/C15H15N5OS/c16-10-4-5-13-11(9-10)14(20-22-13)18-7-8-19-15(21)12-3-1-2-6-17-12/h1-6,9H,7-8,16H2,(H,18,20)(H,19,21). The summed E-state index contributed by atoms with van der Waals surface area (Å²) in [4.78, 5) is 15.8. The third-order valence-electron chi connectivity index (χ3n) is 3.09. The predicted molar refractivity (Wildman–Crippen MR) is 89.1 cm³/mol. The topological polar surface area (TPSA) is 92.9 Å². The molecule has 0 unspecified atom stereocenters. The number of anilines is 2. The van der Waals surface area contributed by atoms with E-state index in [0.29, 0.717) is 24.5 Å². The van der Waals surface area contributed by atoms with E-state index in [1.807, 2.05) is 18.2 Å². The van der Waals surface area contributed by atoms with E-state index in [-0.39, 0.29) is 5.91 Å². The van der Waals surface area contributed by atoms with Crippen LogP contribution in [0.15, 0.2) is 42.6 Å². The van der Waals surface area contributed by atoms with Crippen molar-refractivity contribution in [3.8, 4) is 0 Å². The fraction of sp³-hybridized carbons (Fsp3) is 0.133. The quantitative estimate of drug-likeness (QED) is 0.495. The van der Waals surface area contributed by atoms with E-state index in [4.69, 9.17) is 5.73 Å². The highest BCUT2D eigenvalue weighted by Crippen LogP contribution is 2.28. The second-order valence-corrected chi connectivity index (χ2v) is 5.49. The lowest BCUT2D eigenvalue weighted by Gasteiger charge is -2.06. The molecule has 112 valence electrons. The van der Waals surface area contributed by atoms with Gasteiger partial charge in [0.05, 0.1) is 4.70 Å². The van der Waals surface area contributed by atoms with Gasteiger partial charge in [-0.05, 0) is 41.9 Å². The Morgan fingerprint density at radius 3 is 2.95 bits per heavy atom. The van der Waals surface area contributed by atoms with Crippen LogP contribution in [-0.4, -0.2) is 28.4 Å². The highest BCUT2D eigenvalue weighted by molar-refractivity contribution is 7.13. The molecule has 4 N–H and O–H groups in total. The molecule has 2 aromatic heterocycles. The second-order valence-electron chi connectivity index (χ2n) is 4.68. The van der Waals surface area contributed by atoms with Crippen LogP contribution < -0.4 is 16.4 Å². The van der Waals surface area contributed by atoms with Gasteiger partial charge in [-0.3, -0.25) is 9.78 Å². The Morgan fingerprint density at radius 2 is 2.14 bits per heavy atom. The molecule has 0 aliphatic rings. The summed E-state index contributed by atoms with van der Waals surface area (Å²) in [5.41, 5.74) is 6.92. The van der Waals surface area contributed by atoms with Gasteiger partial charge in [0.2, 0.25) is 0 Å². The maximum atomic E-state index is 11.8. The number of nitrogens with zero attached hydrogens (tertiary/aromatic N) is 2. The van der Waals surface area contributed by atoms with Crippen molar-refractivity contribution in [3.63, 3.8) is 0 Å². The highest BCUT2D eigenvalue weighted by Gasteiger charge is 2.07. The number of nitrogen functional groups attached to an aromatic ring is 1. The van der Waals surface area contributed by atoms with Crippen LogP contribution in [0.25, 0.3) is 10.1 Å². The minimum Gasteiger partial charge on any atom is -0.399 e. The summed E-state index contributed by atoms with van der Waals surface area (Å²) in [6.45, 7) is 1.06. The minimum absolute atomic E-state index is 0.185. The van der Waals surface area contributed by atoms with Crippen molar-refractivity contribution in [1.82, 2.24) is 14.7 Å². The number of hydrogen-bond acceptors (Lipinski definition) is 6.